The Labute approximate surface area is 124 Å². The van der Waals surface area contributed by atoms with Crippen LogP contribution in [0.25, 0.3) is 0 Å². The fourth-order valence-electron chi connectivity index (χ4n) is 1.67. The topological polar surface area (TPSA) is 82.3 Å². The van der Waals surface area contributed by atoms with Crippen LogP contribution in [-0.4, -0.2) is 19.8 Å². The molecule has 0 bridgehead atoms. The fraction of sp³-hybridized carbons (Fsp3) is 0.154. The fourth-order valence-corrected chi connectivity index (χ4v) is 2.91. The first-order valence-corrected chi connectivity index (χ1v) is 7.46. The van der Waals surface area contributed by atoms with Gasteiger partial charge < -0.3 is 10.5 Å². The highest BCUT2D eigenvalue weighted by molar-refractivity contribution is 7.91. The average molecular weight is 332 g/mol. The first kappa shape index (κ1) is 16.2. The second-order valence-corrected chi connectivity index (χ2v) is 6.17. The molecular formula is C13H11F3N2O3S. The van der Waals surface area contributed by atoms with Gasteiger partial charge in [0.1, 0.15) is 5.75 Å². The van der Waals surface area contributed by atoms with Gasteiger partial charge in [0.25, 0.3) is 0 Å². The van der Waals surface area contributed by atoms with E-state index in [0.717, 1.165) is 24.4 Å². The largest absolute Gasteiger partial charge is 0.573 e. The first-order valence-electron chi connectivity index (χ1n) is 5.98. The molecule has 1 aromatic carbocycles. The zero-order valence-corrected chi connectivity index (χ0v) is 11.9. The molecule has 1 aromatic heterocycles. The third-order valence-corrected chi connectivity index (χ3v) is 4.40. The van der Waals surface area contributed by atoms with E-state index in [0.29, 0.717) is 5.69 Å². The lowest BCUT2D eigenvalue weighted by Gasteiger charge is -2.10. The molecule has 0 unspecified atom stereocenters. The molecule has 1 heterocycles. The normalized spacial score (nSPS) is 12.2. The highest BCUT2D eigenvalue weighted by atomic mass is 32.2. The predicted octanol–water partition coefficient (Wildman–Crippen LogP) is 2.27. The number of aromatic nitrogens is 1. The zero-order valence-electron chi connectivity index (χ0n) is 11.0. The molecular weight excluding hydrogens is 321 g/mol. The van der Waals surface area contributed by atoms with Crippen LogP contribution in [-0.2, 0) is 16.4 Å². The number of hydrogen-bond donors (Lipinski definition) is 1. The van der Waals surface area contributed by atoms with E-state index in [-0.39, 0.29) is 16.3 Å². The summed E-state index contributed by atoms with van der Waals surface area (Å²) in [5, 5.41) is 0. The summed E-state index contributed by atoms with van der Waals surface area (Å²) < 4.78 is 64.9. The Kier molecular flexibility index (Phi) is 4.38. The van der Waals surface area contributed by atoms with Crippen molar-refractivity contribution in [3.63, 3.8) is 0 Å². The van der Waals surface area contributed by atoms with Crippen molar-refractivity contribution in [2.45, 2.75) is 22.7 Å². The van der Waals surface area contributed by atoms with Crippen LogP contribution in [0.15, 0.2) is 52.4 Å². The quantitative estimate of drug-likeness (QED) is 0.929. The third kappa shape index (κ3) is 3.74. The molecule has 2 rings (SSSR count). The summed E-state index contributed by atoms with van der Waals surface area (Å²) in [6.45, 7) is 0.148. The number of rotatable bonds is 4. The molecule has 22 heavy (non-hydrogen) atoms. The molecule has 0 spiro atoms. The highest BCUT2D eigenvalue weighted by Crippen LogP contribution is 2.27. The number of sulfone groups is 1. The van der Waals surface area contributed by atoms with E-state index in [4.69, 9.17) is 5.73 Å². The minimum Gasteiger partial charge on any atom is -0.406 e. The van der Waals surface area contributed by atoms with Gasteiger partial charge in [-0.2, -0.15) is 0 Å². The van der Waals surface area contributed by atoms with Crippen LogP contribution in [0, 0.1) is 0 Å². The minimum absolute atomic E-state index is 0.145. The van der Waals surface area contributed by atoms with Crippen LogP contribution in [0.2, 0.25) is 0 Å². The lowest BCUT2D eigenvalue weighted by Crippen LogP contribution is -2.17. The number of pyridine rings is 1. The Hall–Kier alpha value is -2.13. The van der Waals surface area contributed by atoms with Gasteiger partial charge in [-0.25, -0.2) is 8.42 Å². The molecule has 0 saturated heterocycles. The molecule has 0 amide bonds. The zero-order chi connectivity index (χ0) is 16.4. The van der Waals surface area contributed by atoms with Gasteiger partial charge in [0.05, 0.1) is 15.5 Å². The molecule has 0 fully saturated rings. The number of benzene rings is 1. The molecule has 2 N–H and O–H groups in total. The van der Waals surface area contributed by atoms with Gasteiger partial charge in [-0.05, 0) is 30.3 Å². The van der Waals surface area contributed by atoms with Gasteiger partial charge in [0, 0.05) is 12.7 Å². The molecule has 0 atom stereocenters. The van der Waals surface area contributed by atoms with E-state index in [1.807, 2.05) is 0 Å². The SMILES string of the molecule is NCc1ccc(S(=O)(=O)c2cccc(OC(F)(F)F)c2)cn1. The summed E-state index contributed by atoms with van der Waals surface area (Å²) in [7, 11) is -3.99. The van der Waals surface area contributed by atoms with Gasteiger partial charge in [0.15, 0.2) is 0 Å². The third-order valence-electron chi connectivity index (χ3n) is 2.67. The van der Waals surface area contributed by atoms with Gasteiger partial charge in [-0.15, -0.1) is 13.2 Å². The van der Waals surface area contributed by atoms with Crippen molar-refractivity contribution in [1.82, 2.24) is 4.98 Å². The number of nitrogens with zero attached hydrogens (tertiary/aromatic N) is 1. The minimum atomic E-state index is -4.90. The molecule has 0 aliphatic carbocycles. The smallest absolute Gasteiger partial charge is 0.406 e. The van der Waals surface area contributed by atoms with Crippen molar-refractivity contribution in [2.75, 3.05) is 0 Å². The Bertz CT molecular complexity index is 759. The Morgan fingerprint density at radius 2 is 1.86 bits per heavy atom. The van der Waals surface area contributed by atoms with Gasteiger partial charge in [0.2, 0.25) is 9.84 Å². The van der Waals surface area contributed by atoms with E-state index in [1.54, 1.807) is 0 Å². The van der Waals surface area contributed by atoms with Crippen LogP contribution in [0.5, 0.6) is 5.75 Å². The Balaban J connectivity index is 2.38. The molecule has 5 nitrogen and oxygen atoms in total. The molecule has 0 aliphatic rings. The Morgan fingerprint density at radius 3 is 2.41 bits per heavy atom. The standard InChI is InChI=1S/C13H11F3N2O3S/c14-13(15,16)21-10-2-1-3-11(6-10)22(19,20)12-5-4-9(7-17)18-8-12/h1-6,8H,7,17H2. The first-order chi connectivity index (χ1) is 10.2. The van der Waals surface area contributed by atoms with Crippen LogP contribution in [0.3, 0.4) is 0 Å². The van der Waals surface area contributed by atoms with E-state index in [1.165, 1.54) is 18.2 Å². The van der Waals surface area contributed by atoms with E-state index in [9.17, 15) is 21.6 Å². The molecule has 9 heteroatoms. The maximum absolute atomic E-state index is 12.3. The van der Waals surface area contributed by atoms with Gasteiger partial charge >= 0.3 is 6.36 Å². The van der Waals surface area contributed by atoms with Crippen molar-refractivity contribution in [3.8, 4) is 5.75 Å². The van der Waals surface area contributed by atoms with E-state index < -0.39 is 21.9 Å². The molecule has 0 aliphatic heterocycles. The maximum Gasteiger partial charge on any atom is 0.573 e. The van der Waals surface area contributed by atoms with Crippen LogP contribution in [0.4, 0.5) is 13.2 Å². The number of nitrogens with two attached hydrogens (primary N) is 1. The van der Waals surface area contributed by atoms with Crippen molar-refractivity contribution in [3.05, 3.63) is 48.3 Å². The van der Waals surface area contributed by atoms with Crippen molar-refractivity contribution in [1.29, 1.82) is 0 Å². The molecule has 0 saturated carbocycles. The molecule has 118 valence electrons. The van der Waals surface area contributed by atoms with Crippen LogP contribution < -0.4 is 10.5 Å². The summed E-state index contributed by atoms with van der Waals surface area (Å²) in [5.41, 5.74) is 5.86. The summed E-state index contributed by atoms with van der Waals surface area (Å²) in [5.74, 6) is -0.611. The maximum atomic E-state index is 12.3. The Morgan fingerprint density at radius 1 is 1.14 bits per heavy atom. The lowest BCUT2D eigenvalue weighted by molar-refractivity contribution is -0.274. The monoisotopic (exact) mass is 332 g/mol. The molecule has 0 radical (unpaired) electrons. The van der Waals surface area contributed by atoms with E-state index >= 15 is 0 Å². The number of halogens is 3. The second kappa shape index (κ2) is 5.93. The predicted molar refractivity (Wildman–Crippen MR) is 70.7 cm³/mol. The van der Waals surface area contributed by atoms with Crippen LogP contribution in [0.1, 0.15) is 5.69 Å². The summed E-state index contributed by atoms with van der Waals surface area (Å²) in [6.07, 6.45) is -3.79. The number of alkyl halides is 3. The van der Waals surface area contributed by atoms with Gasteiger partial charge in [-0.3, -0.25) is 4.98 Å². The van der Waals surface area contributed by atoms with Crippen molar-refractivity contribution >= 4 is 9.84 Å². The number of hydrogen-bond acceptors (Lipinski definition) is 5. The van der Waals surface area contributed by atoms with Crippen molar-refractivity contribution < 1.29 is 26.3 Å². The lowest BCUT2D eigenvalue weighted by atomic mass is 10.3. The summed E-state index contributed by atoms with van der Waals surface area (Å²) >= 11 is 0. The highest BCUT2D eigenvalue weighted by Gasteiger charge is 2.31. The average Bonchev–Trinajstić information content (AvgIpc) is 2.46. The van der Waals surface area contributed by atoms with Crippen molar-refractivity contribution in [2.24, 2.45) is 5.73 Å². The second-order valence-electron chi connectivity index (χ2n) is 4.22. The van der Waals surface area contributed by atoms with E-state index in [2.05, 4.69) is 9.72 Å². The summed E-state index contributed by atoms with van der Waals surface area (Å²) in [4.78, 5) is 3.39. The van der Waals surface area contributed by atoms with Gasteiger partial charge in [-0.1, -0.05) is 6.07 Å². The summed E-state index contributed by atoms with van der Waals surface area (Å²) in [6, 6.07) is 6.89. The molecule has 2 aromatic rings. The number of ether oxygens (including phenoxy) is 1. The van der Waals surface area contributed by atoms with Crippen LogP contribution >= 0.6 is 0 Å².